The number of hydrogen-bond acceptors (Lipinski definition) is 7. The molecule has 1 aliphatic rings. The maximum absolute atomic E-state index is 4.81. The summed E-state index contributed by atoms with van der Waals surface area (Å²) >= 11 is 3.18. The van der Waals surface area contributed by atoms with Gasteiger partial charge in [-0.15, -0.1) is 35.3 Å². The van der Waals surface area contributed by atoms with Crippen LogP contribution in [-0.2, 0) is 13.0 Å². The van der Waals surface area contributed by atoms with Crippen LogP contribution in [0.5, 0.6) is 0 Å². The van der Waals surface area contributed by atoms with E-state index in [1.165, 1.54) is 16.4 Å². The first-order valence-electron chi connectivity index (χ1n) is 8.71. The van der Waals surface area contributed by atoms with Gasteiger partial charge in [0.1, 0.15) is 5.82 Å². The van der Waals surface area contributed by atoms with Gasteiger partial charge in [0.25, 0.3) is 0 Å². The van der Waals surface area contributed by atoms with Crippen molar-refractivity contribution in [2.45, 2.75) is 33.7 Å². The smallest absolute Gasteiger partial charge is 0.205 e. The average Bonchev–Trinajstić information content (AvgIpc) is 3.28. The summed E-state index contributed by atoms with van der Waals surface area (Å²) in [6.07, 6.45) is 0.894. The zero-order chi connectivity index (χ0) is 17.6. The molecular weight excluding hydrogens is 481 g/mol. The van der Waals surface area contributed by atoms with E-state index in [9.17, 15) is 0 Å². The SMILES string of the molecule is CCNC(=NCc1scnc1C)N1CCN(c2nc(CC)ns2)CC1.I. The third kappa shape index (κ3) is 5.26. The molecule has 26 heavy (non-hydrogen) atoms. The van der Waals surface area contributed by atoms with E-state index in [1.807, 2.05) is 12.4 Å². The van der Waals surface area contributed by atoms with Gasteiger partial charge in [-0.3, -0.25) is 0 Å². The van der Waals surface area contributed by atoms with Gasteiger partial charge in [-0.1, -0.05) is 6.92 Å². The average molecular weight is 507 g/mol. The van der Waals surface area contributed by atoms with Crippen molar-refractivity contribution in [1.29, 1.82) is 0 Å². The molecule has 2 aromatic heterocycles. The van der Waals surface area contributed by atoms with E-state index in [4.69, 9.17) is 4.99 Å². The minimum atomic E-state index is 0. The van der Waals surface area contributed by atoms with Crippen molar-refractivity contribution in [2.75, 3.05) is 37.6 Å². The van der Waals surface area contributed by atoms with Crippen LogP contribution in [0.15, 0.2) is 10.5 Å². The maximum atomic E-state index is 4.81. The summed E-state index contributed by atoms with van der Waals surface area (Å²) in [5, 5.41) is 4.46. The molecule has 0 saturated carbocycles. The molecule has 0 spiro atoms. The van der Waals surface area contributed by atoms with Crippen molar-refractivity contribution in [2.24, 2.45) is 4.99 Å². The molecule has 0 aromatic carbocycles. The Morgan fingerprint density at radius 1 is 1.27 bits per heavy atom. The van der Waals surface area contributed by atoms with Crippen molar-refractivity contribution in [3.8, 4) is 0 Å². The first-order chi connectivity index (χ1) is 12.2. The first-order valence-corrected chi connectivity index (χ1v) is 10.4. The molecule has 1 saturated heterocycles. The molecule has 2 aromatic rings. The van der Waals surface area contributed by atoms with Crippen LogP contribution < -0.4 is 10.2 Å². The van der Waals surface area contributed by atoms with E-state index >= 15 is 0 Å². The van der Waals surface area contributed by atoms with Crippen molar-refractivity contribution >= 4 is 57.9 Å². The Labute approximate surface area is 180 Å². The highest BCUT2D eigenvalue weighted by Gasteiger charge is 2.22. The number of nitrogens with one attached hydrogen (secondary N) is 1. The summed E-state index contributed by atoms with van der Waals surface area (Å²) in [4.78, 5) is 19.6. The second-order valence-corrected chi connectivity index (χ2v) is 7.52. The van der Waals surface area contributed by atoms with Crippen LogP contribution >= 0.6 is 46.8 Å². The largest absolute Gasteiger partial charge is 0.357 e. The number of piperazine rings is 1. The molecule has 0 radical (unpaired) electrons. The Morgan fingerprint density at radius 3 is 2.62 bits per heavy atom. The number of rotatable bonds is 5. The quantitative estimate of drug-likeness (QED) is 0.382. The molecule has 0 unspecified atom stereocenters. The van der Waals surface area contributed by atoms with Crippen LogP contribution in [0, 0.1) is 6.92 Å². The molecule has 0 atom stereocenters. The lowest BCUT2D eigenvalue weighted by Gasteiger charge is -2.36. The highest BCUT2D eigenvalue weighted by Crippen LogP contribution is 2.19. The highest BCUT2D eigenvalue weighted by atomic mass is 127. The standard InChI is InChI=1S/C16H25N7S2.HI/c1-4-14-20-16(25-21-14)23-8-6-22(7-9-23)15(17-5-2)18-10-13-12(3)19-11-24-13;/h11H,4-10H2,1-3H3,(H,17,18);1H. The first kappa shape index (κ1) is 21.3. The van der Waals surface area contributed by atoms with Crippen LogP contribution in [0.4, 0.5) is 5.13 Å². The molecule has 0 aliphatic carbocycles. The lowest BCUT2D eigenvalue weighted by molar-refractivity contribution is 0.372. The summed E-state index contributed by atoms with van der Waals surface area (Å²) in [5.41, 5.74) is 2.97. The van der Waals surface area contributed by atoms with Gasteiger partial charge >= 0.3 is 0 Å². The number of aliphatic imine (C=N–C) groups is 1. The Hall–Kier alpha value is -1.01. The summed E-state index contributed by atoms with van der Waals surface area (Å²) in [6, 6.07) is 0. The van der Waals surface area contributed by atoms with Crippen LogP contribution in [-0.4, -0.2) is 57.9 Å². The molecule has 7 nitrogen and oxygen atoms in total. The third-order valence-electron chi connectivity index (χ3n) is 4.18. The van der Waals surface area contributed by atoms with E-state index in [0.717, 1.165) is 61.8 Å². The number of guanidine groups is 1. The molecule has 3 rings (SSSR count). The lowest BCUT2D eigenvalue weighted by atomic mass is 10.3. The van der Waals surface area contributed by atoms with E-state index in [-0.39, 0.29) is 24.0 Å². The molecule has 144 valence electrons. The zero-order valence-corrected chi connectivity index (χ0v) is 19.4. The maximum Gasteiger partial charge on any atom is 0.205 e. The second-order valence-electron chi connectivity index (χ2n) is 5.85. The summed E-state index contributed by atoms with van der Waals surface area (Å²) in [5.74, 6) is 1.93. The number of nitrogens with zero attached hydrogens (tertiary/aromatic N) is 6. The zero-order valence-electron chi connectivity index (χ0n) is 15.4. The van der Waals surface area contributed by atoms with E-state index in [0.29, 0.717) is 6.54 Å². The number of aromatic nitrogens is 3. The Morgan fingerprint density at radius 2 is 2.04 bits per heavy atom. The third-order valence-corrected chi connectivity index (χ3v) is 5.91. The molecule has 1 N–H and O–H groups in total. The van der Waals surface area contributed by atoms with E-state index < -0.39 is 0 Å². The van der Waals surface area contributed by atoms with E-state index in [1.54, 1.807) is 11.3 Å². The molecule has 10 heteroatoms. The molecule has 0 bridgehead atoms. The monoisotopic (exact) mass is 507 g/mol. The number of hydrogen-bond donors (Lipinski definition) is 1. The van der Waals surface area contributed by atoms with Gasteiger partial charge < -0.3 is 15.1 Å². The second kappa shape index (κ2) is 10.4. The Balaban J connectivity index is 0.00000243. The number of aryl methyl sites for hydroxylation is 2. The van der Waals surface area contributed by atoms with Crippen LogP contribution in [0.3, 0.4) is 0 Å². The summed E-state index contributed by atoms with van der Waals surface area (Å²) in [7, 11) is 0. The fraction of sp³-hybridized carbons (Fsp3) is 0.625. The molecule has 1 aliphatic heterocycles. The predicted molar refractivity (Wildman–Crippen MR) is 120 cm³/mol. The van der Waals surface area contributed by atoms with Gasteiger partial charge in [-0.2, -0.15) is 4.37 Å². The number of thiazole rings is 1. The number of anilines is 1. The highest BCUT2D eigenvalue weighted by molar-refractivity contribution is 14.0. The summed E-state index contributed by atoms with van der Waals surface area (Å²) in [6.45, 7) is 11.6. The molecule has 0 amide bonds. The van der Waals surface area contributed by atoms with Crippen LogP contribution in [0.25, 0.3) is 0 Å². The van der Waals surface area contributed by atoms with Crippen molar-refractivity contribution in [3.63, 3.8) is 0 Å². The van der Waals surface area contributed by atoms with Gasteiger partial charge in [-0.05, 0) is 13.8 Å². The normalized spacial score (nSPS) is 15.1. The number of halogens is 1. The summed E-state index contributed by atoms with van der Waals surface area (Å²) < 4.78 is 4.39. The molecular formula is C16H26IN7S2. The van der Waals surface area contributed by atoms with Gasteiger partial charge in [0.2, 0.25) is 5.13 Å². The van der Waals surface area contributed by atoms with Gasteiger partial charge in [0.05, 0.1) is 17.7 Å². The van der Waals surface area contributed by atoms with Crippen molar-refractivity contribution in [3.05, 3.63) is 21.9 Å². The van der Waals surface area contributed by atoms with Crippen molar-refractivity contribution < 1.29 is 0 Å². The van der Waals surface area contributed by atoms with Crippen LogP contribution in [0.2, 0.25) is 0 Å². The van der Waals surface area contributed by atoms with Gasteiger partial charge in [0.15, 0.2) is 5.96 Å². The van der Waals surface area contributed by atoms with E-state index in [2.05, 4.69) is 43.3 Å². The molecule has 3 heterocycles. The fourth-order valence-corrected chi connectivity index (χ4v) is 4.18. The van der Waals surface area contributed by atoms with Crippen LogP contribution in [0.1, 0.15) is 30.2 Å². The van der Waals surface area contributed by atoms with Gasteiger partial charge in [0, 0.05) is 55.6 Å². The topological polar surface area (TPSA) is 69.5 Å². The minimum Gasteiger partial charge on any atom is -0.357 e. The fourth-order valence-electron chi connectivity index (χ4n) is 2.68. The van der Waals surface area contributed by atoms with Gasteiger partial charge in [-0.25, -0.2) is 15.0 Å². The minimum absolute atomic E-state index is 0. The Kier molecular flexibility index (Phi) is 8.48. The predicted octanol–water partition coefficient (Wildman–Crippen LogP) is 2.77. The van der Waals surface area contributed by atoms with Crippen molar-refractivity contribution in [1.82, 2.24) is 24.6 Å². The Bertz CT molecular complexity index is 707. The molecule has 1 fully saturated rings. The lowest BCUT2D eigenvalue weighted by Crippen LogP contribution is -2.52.